The van der Waals surface area contributed by atoms with E-state index in [9.17, 15) is 4.79 Å². The van der Waals surface area contributed by atoms with Gasteiger partial charge in [0.15, 0.2) is 0 Å². The molecule has 0 saturated carbocycles. The van der Waals surface area contributed by atoms with E-state index in [1.807, 2.05) is 12.1 Å². The molecule has 1 aromatic carbocycles. The molecule has 1 N–H and O–H groups in total. The van der Waals surface area contributed by atoms with E-state index < -0.39 is 0 Å². The third-order valence-corrected chi connectivity index (χ3v) is 2.83. The van der Waals surface area contributed by atoms with Crippen LogP contribution in [0.15, 0.2) is 12.1 Å². The molecule has 0 aliphatic heterocycles. The number of benzene rings is 1. The van der Waals surface area contributed by atoms with Crippen molar-refractivity contribution in [3.8, 4) is 0 Å². The van der Waals surface area contributed by atoms with E-state index in [0.29, 0.717) is 11.8 Å². The van der Waals surface area contributed by atoms with Crippen LogP contribution in [0.4, 0.5) is 5.69 Å². The normalized spacial score (nSPS) is 10.9. The van der Waals surface area contributed by atoms with Crippen molar-refractivity contribution in [3.63, 3.8) is 0 Å². The molecule has 0 fully saturated rings. The minimum Gasteiger partial charge on any atom is -0.328 e. The molecular weight excluding hydrogens is 222 g/mol. The molecule has 0 saturated heterocycles. The Balaban J connectivity index is 3.40. The Labute approximate surface area is 102 Å². The largest absolute Gasteiger partial charge is 0.328 e. The maximum atomic E-state index is 10.7. The van der Waals surface area contributed by atoms with Crippen LogP contribution in [0.25, 0.3) is 0 Å². The van der Waals surface area contributed by atoms with Crippen LogP contribution in [0, 0.1) is 0 Å². The highest BCUT2D eigenvalue weighted by Gasteiger charge is 2.14. The van der Waals surface area contributed by atoms with Gasteiger partial charge in [0.05, 0.1) is 0 Å². The van der Waals surface area contributed by atoms with Crippen molar-refractivity contribution in [1.29, 1.82) is 0 Å². The van der Waals surface area contributed by atoms with Gasteiger partial charge in [-0.2, -0.15) is 0 Å². The van der Waals surface area contributed by atoms with Crippen LogP contribution in [-0.2, 0) is 4.79 Å². The van der Waals surface area contributed by atoms with Crippen LogP contribution in [0.3, 0.4) is 0 Å². The van der Waals surface area contributed by atoms with Gasteiger partial charge in [0, 0.05) is 10.7 Å². The Morgan fingerprint density at radius 1 is 1.12 bits per heavy atom. The zero-order valence-electron chi connectivity index (χ0n) is 10.2. The first-order valence-electron chi connectivity index (χ1n) is 5.50. The molecule has 0 atom stereocenters. The Morgan fingerprint density at radius 3 is 1.88 bits per heavy atom. The Morgan fingerprint density at radius 2 is 1.56 bits per heavy atom. The van der Waals surface area contributed by atoms with Crippen molar-refractivity contribution in [2.45, 2.75) is 39.5 Å². The fourth-order valence-corrected chi connectivity index (χ4v) is 2.02. The second-order valence-electron chi connectivity index (χ2n) is 4.53. The van der Waals surface area contributed by atoms with E-state index >= 15 is 0 Å². The van der Waals surface area contributed by atoms with Crippen molar-refractivity contribution in [1.82, 2.24) is 0 Å². The third kappa shape index (κ3) is 2.76. The third-order valence-electron chi connectivity index (χ3n) is 2.61. The standard InChI is InChI=1S/C13H18ClNO/c1-8(2)11-5-10(14)6-12(9(3)4)13(11)15-7-16/h5-9H,1-4H3,(H,15,16). The predicted molar refractivity (Wildman–Crippen MR) is 69.3 cm³/mol. The summed E-state index contributed by atoms with van der Waals surface area (Å²) in [4.78, 5) is 10.7. The van der Waals surface area contributed by atoms with Crippen molar-refractivity contribution < 1.29 is 4.79 Å². The van der Waals surface area contributed by atoms with E-state index in [4.69, 9.17) is 11.6 Å². The van der Waals surface area contributed by atoms with Crippen molar-refractivity contribution in [2.24, 2.45) is 0 Å². The number of carbonyl (C=O) groups is 1. The maximum absolute atomic E-state index is 10.7. The molecule has 0 aromatic heterocycles. The molecule has 1 amide bonds. The number of carbonyl (C=O) groups excluding carboxylic acids is 1. The highest BCUT2D eigenvalue weighted by molar-refractivity contribution is 6.30. The average Bonchev–Trinajstić information content (AvgIpc) is 2.19. The van der Waals surface area contributed by atoms with Crippen LogP contribution in [0.2, 0.25) is 5.02 Å². The lowest BCUT2D eigenvalue weighted by Crippen LogP contribution is -2.06. The van der Waals surface area contributed by atoms with Crippen LogP contribution < -0.4 is 5.32 Å². The summed E-state index contributed by atoms with van der Waals surface area (Å²) >= 11 is 6.09. The summed E-state index contributed by atoms with van der Waals surface area (Å²) in [6.45, 7) is 8.36. The van der Waals surface area contributed by atoms with Gasteiger partial charge in [-0.1, -0.05) is 39.3 Å². The van der Waals surface area contributed by atoms with Gasteiger partial charge in [0.25, 0.3) is 0 Å². The smallest absolute Gasteiger partial charge is 0.211 e. The van der Waals surface area contributed by atoms with Crippen molar-refractivity contribution >= 4 is 23.7 Å². The summed E-state index contributed by atoms with van der Waals surface area (Å²) in [5.41, 5.74) is 3.08. The molecule has 0 aliphatic rings. The van der Waals surface area contributed by atoms with E-state index in [2.05, 4.69) is 33.0 Å². The van der Waals surface area contributed by atoms with Gasteiger partial charge < -0.3 is 5.32 Å². The summed E-state index contributed by atoms with van der Waals surface area (Å²) in [7, 11) is 0. The summed E-state index contributed by atoms with van der Waals surface area (Å²) in [6.07, 6.45) is 0.723. The van der Waals surface area contributed by atoms with Gasteiger partial charge in [0.1, 0.15) is 0 Å². The summed E-state index contributed by atoms with van der Waals surface area (Å²) < 4.78 is 0. The first-order chi connectivity index (χ1) is 7.47. The van der Waals surface area contributed by atoms with Gasteiger partial charge in [-0.05, 0) is 35.1 Å². The number of rotatable bonds is 4. The zero-order chi connectivity index (χ0) is 12.3. The molecule has 1 rings (SSSR count). The predicted octanol–water partition coefficient (Wildman–Crippen LogP) is 4.16. The Kier molecular flexibility index (Phi) is 4.36. The second-order valence-corrected chi connectivity index (χ2v) is 4.97. The molecular formula is C13H18ClNO. The van der Waals surface area contributed by atoms with E-state index in [1.54, 1.807) is 0 Å². The lowest BCUT2D eigenvalue weighted by atomic mass is 9.93. The molecule has 0 spiro atoms. The maximum Gasteiger partial charge on any atom is 0.211 e. The number of nitrogens with one attached hydrogen (secondary N) is 1. The quantitative estimate of drug-likeness (QED) is 0.786. The molecule has 0 aliphatic carbocycles. The number of anilines is 1. The molecule has 2 nitrogen and oxygen atoms in total. The summed E-state index contributed by atoms with van der Waals surface area (Å²) in [5.74, 6) is 0.664. The van der Waals surface area contributed by atoms with Gasteiger partial charge in [-0.15, -0.1) is 0 Å². The number of amides is 1. The van der Waals surface area contributed by atoms with Gasteiger partial charge >= 0.3 is 0 Å². The van der Waals surface area contributed by atoms with E-state index in [0.717, 1.165) is 28.2 Å². The lowest BCUT2D eigenvalue weighted by Gasteiger charge is -2.19. The van der Waals surface area contributed by atoms with Gasteiger partial charge in [-0.25, -0.2) is 0 Å². The van der Waals surface area contributed by atoms with Gasteiger partial charge in [0.2, 0.25) is 6.41 Å². The van der Waals surface area contributed by atoms with E-state index in [1.165, 1.54) is 0 Å². The lowest BCUT2D eigenvalue weighted by molar-refractivity contribution is -0.105. The summed E-state index contributed by atoms with van der Waals surface area (Å²) in [6, 6.07) is 3.84. The first kappa shape index (κ1) is 13.0. The fourth-order valence-electron chi connectivity index (χ4n) is 1.79. The molecule has 0 unspecified atom stereocenters. The SMILES string of the molecule is CC(C)c1cc(Cl)cc(C(C)C)c1NC=O. The Bertz CT molecular complexity index is 357. The minimum absolute atomic E-state index is 0.332. The van der Waals surface area contributed by atoms with Crippen LogP contribution in [0.1, 0.15) is 50.7 Å². The molecule has 0 heterocycles. The summed E-state index contributed by atoms with van der Waals surface area (Å²) in [5, 5.41) is 3.52. The van der Waals surface area contributed by atoms with Crippen LogP contribution in [-0.4, -0.2) is 6.41 Å². The monoisotopic (exact) mass is 239 g/mol. The van der Waals surface area contributed by atoms with Crippen LogP contribution in [0.5, 0.6) is 0 Å². The highest BCUT2D eigenvalue weighted by atomic mass is 35.5. The average molecular weight is 240 g/mol. The molecule has 0 radical (unpaired) electrons. The topological polar surface area (TPSA) is 29.1 Å². The van der Waals surface area contributed by atoms with Crippen molar-refractivity contribution in [3.05, 3.63) is 28.3 Å². The Hall–Kier alpha value is -1.02. The first-order valence-corrected chi connectivity index (χ1v) is 5.88. The number of halogens is 1. The highest BCUT2D eigenvalue weighted by Crippen LogP contribution is 2.34. The molecule has 16 heavy (non-hydrogen) atoms. The zero-order valence-corrected chi connectivity index (χ0v) is 10.9. The fraction of sp³-hybridized carbons (Fsp3) is 0.462. The second kappa shape index (κ2) is 5.35. The van der Waals surface area contributed by atoms with Crippen molar-refractivity contribution in [2.75, 3.05) is 5.32 Å². The molecule has 1 aromatic rings. The van der Waals surface area contributed by atoms with Gasteiger partial charge in [-0.3, -0.25) is 4.79 Å². The number of hydrogen-bond donors (Lipinski definition) is 1. The van der Waals surface area contributed by atoms with E-state index in [-0.39, 0.29) is 0 Å². The number of hydrogen-bond acceptors (Lipinski definition) is 1. The van der Waals surface area contributed by atoms with Crippen LogP contribution >= 0.6 is 11.6 Å². The molecule has 88 valence electrons. The minimum atomic E-state index is 0.332. The molecule has 0 bridgehead atoms. The molecule has 3 heteroatoms.